The quantitative estimate of drug-likeness (QED) is 0.764. The van der Waals surface area contributed by atoms with Gasteiger partial charge in [-0.25, -0.2) is 8.42 Å². The summed E-state index contributed by atoms with van der Waals surface area (Å²) in [6.45, 7) is 8.02. The predicted octanol–water partition coefficient (Wildman–Crippen LogP) is 3.74. The fourth-order valence-electron chi connectivity index (χ4n) is 3.27. The third-order valence-corrected chi connectivity index (χ3v) is 6.42. The van der Waals surface area contributed by atoms with E-state index in [0.717, 1.165) is 28.8 Å². The number of nitrogens with zero attached hydrogens (tertiary/aromatic N) is 1. The van der Waals surface area contributed by atoms with E-state index in [-0.39, 0.29) is 4.90 Å². The average Bonchev–Trinajstić information content (AvgIpc) is 2.56. The molecule has 1 aliphatic rings. The van der Waals surface area contributed by atoms with Crippen molar-refractivity contribution in [3.8, 4) is 0 Å². The predicted molar refractivity (Wildman–Crippen MR) is 110 cm³/mol. The Morgan fingerprint density at radius 2 is 1.69 bits per heavy atom. The van der Waals surface area contributed by atoms with Crippen molar-refractivity contribution in [3.05, 3.63) is 52.5 Å². The molecule has 2 aromatic rings. The topological polar surface area (TPSA) is 61.4 Å². The molecule has 2 unspecified atom stereocenters. The first-order chi connectivity index (χ1) is 12.2. The summed E-state index contributed by atoms with van der Waals surface area (Å²) in [6, 6.07) is 13.4. The van der Waals surface area contributed by atoms with Gasteiger partial charge in [0, 0.05) is 35.3 Å². The van der Waals surface area contributed by atoms with Gasteiger partial charge in [0.1, 0.15) is 0 Å². The summed E-state index contributed by atoms with van der Waals surface area (Å²) in [5.74, 6) is 0. The molecule has 7 heteroatoms. The van der Waals surface area contributed by atoms with Gasteiger partial charge in [-0.3, -0.25) is 4.72 Å². The third kappa shape index (κ3) is 4.39. The van der Waals surface area contributed by atoms with Crippen LogP contribution < -0.4 is 14.9 Å². The Hall–Kier alpha value is -1.57. The minimum Gasteiger partial charge on any atom is -0.368 e. The first kappa shape index (κ1) is 19.2. The highest BCUT2D eigenvalue weighted by molar-refractivity contribution is 9.10. The van der Waals surface area contributed by atoms with Gasteiger partial charge >= 0.3 is 0 Å². The average molecular weight is 438 g/mol. The van der Waals surface area contributed by atoms with Crippen molar-refractivity contribution in [1.82, 2.24) is 5.32 Å². The van der Waals surface area contributed by atoms with Gasteiger partial charge in [0.2, 0.25) is 0 Å². The lowest BCUT2D eigenvalue weighted by Gasteiger charge is -2.38. The minimum absolute atomic E-state index is 0.245. The molecular weight excluding hydrogens is 414 g/mol. The summed E-state index contributed by atoms with van der Waals surface area (Å²) in [5, 5.41) is 3.51. The molecule has 0 aliphatic carbocycles. The van der Waals surface area contributed by atoms with Crippen LogP contribution in [0.5, 0.6) is 0 Å². The zero-order valence-electron chi connectivity index (χ0n) is 15.2. The van der Waals surface area contributed by atoms with E-state index in [9.17, 15) is 8.42 Å². The summed E-state index contributed by atoms with van der Waals surface area (Å²) >= 11 is 3.33. The van der Waals surface area contributed by atoms with E-state index in [1.807, 2.05) is 19.1 Å². The monoisotopic (exact) mass is 437 g/mol. The Bertz CT molecular complexity index is 874. The summed E-state index contributed by atoms with van der Waals surface area (Å²) < 4.78 is 29.0. The summed E-state index contributed by atoms with van der Waals surface area (Å²) in [7, 11) is -3.62. The molecule has 2 N–H and O–H groups in total. The molecule has 1 heterocycles. The molecule has 0 bridgehead atoms. The lowest BCUT2D eigenvalue weighted by Crippen LogP contribution is -2.54. The number of aryl methyl sites for hydroxylation is 1. The molecule has 0 aromatic heterocycles. The molecule has 1 saturated heterocycles. The molecule has 0 saturated carbocycles. The highest BCUT2D eigenvalue weighted by Gasteiger charge is 2.22. The number of halogens is 1. The van der Waals surface area contributed by atoms with Crippen LogP contribution in [-0.2, 0) is 10.0 Å². The van der Waals surface area contributed by atoms with Crippen molar-refractivity contribution in [3.63, 3.8) is 0 Å². The Labute approximate surface area is 164 Å². The zero-order chi connectivity index (χ0) is 18.9. The Balaban J connectivity index is 1.87. The molecule has 0 radical (unpaired) electrons. The number of piperazine rings is 1. The molecule has 1 aliphatic heterocycles. The fraction of sp³-hybridized carbons (Fsp3) is 0.368. The van der Waals surface area contributed by atoms with E-state index in [1.54, 1.807) is 24.3 Å². The molecule has 140 valence electrons. The van der Waals surface area contributed by atoms with Crippen molar-refractivity contribution in [2.75, 3.05) is 22.7 Å². The van der Waals surface area contributed by atoms with Crippen LogP contribution >= 0.6 is 15.9 Å². The van der Waals surface area contributed by atoms with Crippen molar-refractivity contribution >= 4 is 37.3 Å². The molecule has 5 nitrogen and oxygen atoms in total. The number of sulfonamides is 1. The van der Waals surface area contributed by atoms with Crippen molar-refractivity contribution < 1.29 is 8.42 Å². The molecule has 26 heavy (non-hydrogen) atoms. The van der Waals surface area contributed by atoms with Crippen LogP contribution in [0.2, 0.25) is 0 Å². The second-order valence-electron chi connectivity index (χ2n) is 6.93. The largest absolute Gasteiger partial charge is 0.368 e. The maximum atomic E-state index is 12.7. The molecule has 0 amide bonds. The van der Waals surface area contributed by atoms with Gasteiger partial charge in [0.05, 0.1) is 10.6 Å². The van der Waals surface area contributed by atoms with Crippen LogP contribution in [0.3, 0.4) is 0 Å². The van der Waals surface area contributed by atoms with Crippen molar-refractivity contribution in [2.24, 2.45) is 0 Å². The minimum atomic E-state index is -3.62. The standard InChI is InChI=1S/C19H24BrN3O2S/c1-13-4-7-17(23-11-14(2)21-15(3)12-23)10-19(13)22-26(24,25)18-8-5-16(20)6-9-18/h4-10,14-15,21-22H,11-12H2,1-3H3. The van der Waals surface area contributed by atoms with Gasteiger partial charge in [-0.2, -0.15) is 0 Å². The second-order valence-corrected chi connectivity index (χ2v) is 9.53. The van der Waals surface area contributed by atoms with E-state index in [4.69, 9.17) is 0 Å². The molecule has 2 atom stereocenters. The van der Waals surface area contributed by atoms with Gasteiger partial charge in [-0.1, -0.05) is 22.0 Å². The summed E-state index contributed by atoms with van der Waals surface area (Å²) in [4.78, 5) is 2.54. The Morgan fingerprint density at radius 3 is 2.31 bits per heavy atom. The van der Waals surface area contributed by atoms with E-state index < -0.39 is 10.0 Å². The first-order valence-electron chi connectivity index (χ1n) is 8.64. The fourth-order valence-corrected chi connectivity index (χ4v) is 4.66. The zero-order valence-corrected chi connectivity index (χ0v) is 17.6. The van der Waals surface area contributed by atoms with Crippen LogP contribution in [0.1, 0.15) is 19.4 Å². The number of nitrogens with one attached hydrogen (secondary N) is 2. The second kappa shape index (κ2) is 7.58. The van der Waals surface area contributed by atoms with Crippen LogP contribution in [0.25, 0.3) is 0 Å². The maximum Gasteiger partial charge on any atom is 0.261 e. The van der Waals surface area contributed by atoms with Gasteiger partial charge in [0.25, 0.3) is 10.0 Å². The maximum absolute atomic E-state index is 12.7. The highest BCUT2D eigenvalue weighted by atomic mass is 79.9. The van der Waals surface area contributed by atoms with Gasteiger partial charge in [-0.05, 0) is 62.7 Å². The molecule has 2 aromatic carbocycles. The molecule has 0 spiro atoms. The smallest absolute Gasteiger partial charge is 0.261 e. The van der Waals surface area contributed by atoms with Crippen LogP contribution in [0.4, 0.5) is 11.4 Å². The molecule has 3 rings (SSSR count). The van der Waals surface area contributed by atoms with Crippen LogP contribution in [0, 0.1) is 6.92 Å². The van der Waals surface area contributed by atoms with Gasteiger partial charge in [0.15, 0.2) is 0 Å². The Morgan fingerprint density at radius 1 is 1.08 bits per heavy atom. The SMILES string of the molecule is Cc1ccc(N2CC(C)NC(C)C2)cc1NS(=O)(=O)c1ccc(Br)cc1. The third-order valence-electron chi connectivity index (χ3n) is 4.51. The van der Waals surface area contributed by atoms with E-state index in [2.05, 4.69) is 50.8 Å². The van der Waals surface area contributed by atoms with Crippen molar-refractivity contribution in [1.29, 1.82) is 0 Å². The summed E-state index contributed by atoms with van der Waals surface area (Å²) in [6.07, 6.45) is 0. The summed E-state index contributed by atoms with van der Waals surface area (Å²) in [5.41, 5.74) is 2.54. The van der Waals surface area contributed by atoms with E-state index in [1.165, 1.54) is 0 Å². The number of anilines is 2. The lowest BCUT2D eigenvalue weighted by atomic mass is 10.1. The lowest BCUT2D eigenvalue weighted by molar-refractivity contribution is 0.407. The van der Waals surface area contributed by atoms with Crippen molar-refractivity contribution in [2.45, 2.75) is 37.8 Å². The van der Waals surface area contributed by atoms with E-state index >= 15 is 0 Å². The normalized spacial score (nSPS) is 20.8. The van der Waals surface area contributed by atoms with Gasteiger partial charge < -0.3 is 10.2 Å². The molecular formula is C19H24BrN3O2S. The first-order valence-corrected chi connectivity index (χ1v) is 10.9. The number of hydrogen-bond donors (Lipinski definition) is 2. The highest BCUT2D eigenvalue weighted by Crippen LogP contribution is 2.27. The van der Waals surface area contributed by atoms with Crippen LogP contribution in [-0.4, -0.2) is 33.6 Å². The molecule has 1 fully saturated rings. The number of hydrogen-bond acceptors (Lipinski definition) is 4. The van der Waals surface area contributed by atoms with E-state index in [0.29, 0.717) is 17.8 Å². The number of benzene rings is 2. The number of rotatable bonds is 4. The van der Waals surface area contributed by atoms with Crippen LogP contribution in [0.15, 0.2) is 51.8 Å². The Kier molecular flexibility index (Phi) is 5.60. The van der Waals surface area contributed by atoms with Gasteiger partial charge in [-0.15, -0.1) is 0 Å².